The minimum absolute atomic E-state index is 0.0262. The third kappa shape index (κ3) is 6.01. The molecule has 0 aliphatic heterocycles. The zero-order valence-corrected chi connectivity index (χ0v) is 11.1. The number of nitrogens with two attached hydrogens (primary N) is 1. The van der Waals surface area contributed by atoms with Crippen LogP contribution in [0.25, 0.3) is 0 Å². The third-order valence-electron chi connectivity index (χ3n) is 2.72. The predicted molar refractivity (Wildman–Crippen MR) is 72.7 cm³/mol. The smallest absolute Gasteiger partial charge is 0.233 e. The summed E-state index contributed by atoms with van der Waals surface area (Å²) in [4.78, 5) is 22.1. The van der Waals surface area contributed by atoms with Crippen LogP contribution in [0.2, 0.25) is 0 Å². The molecule has 0 aliphatic rings. The Morgan fingerprint density at radius 1 is 1.26 bits per heavy atom. The Labute approximate surface area is 113 Å². The lowest BCUT2D eigenvalue weighted by molar-refractivity contribution is -0.121. The molecule has 0 radical (unpaired) electrons. The van der Waals surface area contributed by atoms with E-state index in [1.54, 1.807) is 18.2 Å². The van der Waals surface area contributed by atoms with Gasteiger partial charge in [0.25, 0.3) is 0 Å². The molecule has 0 bridgehead atoms. The number of carbonyl (C=O) groups is 2. The van der Waals surface area contributed by atoms with Gasteiger partial charge >= 0.3 is 0 Å². The molecular formula is C14H20N2O3. The van der Waals surface area contributed by atoms with Gasteiger partial charge in [0.2, 0.25) is 5.91 Å². The fourth-order valence-electron chi connectivity index (χ4n) is 1.63. The first-order valence-corrected chi connectivity index (χ1v) is 6.36. The molecule has 0 aromatic heterocycles. The molecule has 1 aromatic rings. The fourth-order valence-corrected chi connectivity index (χ4v) is 1.63. The maximum atomic E-state index is 11.2. The average Bonchev–Trinajstić information content (AvgIpc) is 2.42. The number of amides is 1. The minimum atomic E-state index is -0.143. The molecule has 1 aromatic carbocycles. The Bertz CT molecular complexity index is 432. The number of ketones is 1. The highest BCUT2D eigenvalue weighted by Gasteiger charge is 2.01. The molecule has 0 saturated heterocycles. The van der Waals surface area contributed by atoms with Gasteiger partial charge in [-0.15, -0.1) is 0 Å². The first-order chi connectivity index (χ1) is 9.13. The fraction of sp³-hybridized carbons (Fsp3) is 0.429. The second-order valence-electron chi connectivity index (χ2n) is 4.31. The van der Waals surface area contributed by atoms with Crippen LogP contribution < -0.4 is 16.0 Å². The van der Waals surface area contributed by atoms with E-state index < -0.39 is 0 Å². The summed E-state index contributed by atoms with van der Waals surface area (Å²) in [5, 5.41) is 0. The van der Waals surface area contributed by atoms with Crippen LogP contribution in [0.4, 0.5) is 0 Å². The molecule has 5 nitrogen and oxygen atoms in total. The van der Waals surface area contributed by atoms with Gasteiger partial charge in [0.1, 0.15) is 5.75 Å². The normalized spacial score (nSPS) is 10.0. The van der Waals surface area contributed by atoms with E-state index in [-0.39, 0.29) is 11.7 Å². The molecule has 0 unspecified atom stereocenters. The number of Topliss-reactive ketones (excluding diaryl/α,β-unsaturated/α-hetero) is 1. The lowest BCUT2D eigenvalue weighted by Gasteiger charge is -2.07. The van der Waals surface area contributed by atoms with Crippen molar-refractivity contribution in [1.29, 1.82) is 0 Å². The van der Waals surface area contributed by atoms with Crippen LogP contribution in [0, 0.1) is 0 Å². The number of carbonyl (C=O) groups excluding carboxylic acids is 2. The molecule has 0 atom stereocenters. The van der Waals surface area contributed by atoms with E-state index >= 15 is 0 Å². The molecule has 0 heterocycles. The van der Waals surface area contributed by atoms with Gasteiger partial charge in [-0.25, -0.2) is 5.84 Å². The Balaban J connectivity index is 2.21. The van der Waals surface area contributed by atoms with Crippen LogP contribution >= 0.6 is 0 Å². The zero-order chi connectivity index (χ0) is 14.1. The van der Waals surface area contributed by atoms with E-state index in [2.05, 4.69) is 5.43 Å². The number of hydrogen-bond acceptors (Lipinski definition) is 4. The molecule has 5 heteroatoms. The van der Waals surface area contributed by atoms with E-state index in [0.717, 1.165) is 19.3 Å². The molecule has 0 spiro atoms. The van der Waals surface area contributed by atoms with E-state index in [1.807, 2.05) is 6.07 Å². The van der Waals surface area contributed by atoms with Crippen molar-refractivity contribution in [3.63, 3.8) is 0 Å². The average molecular weight is 264 g/mol. The second-order valence-corrected chi connectivity index (χ2v) is 4.31. The molecule has 19 heavy (non-hydrogen) atoms. The van der Waals surface area contributed by atoms with Crippen LogP contribution in [-0.4, -0.2) is 18.3 Å². The Morgan fingerprint density at radius 2 is 2.05 bits per heavy atom. The topological polar surface area (TPSA) is 81.4 Å². The van der Waals surface area contributed by atoms with Crippen molar-refractivity contribution in [2.75, 3.05) is 6.61 Å². The van der Waals surface area contributed by atoms with Crippen molar-refractivity contribution in [2.24, 2.45) is 5.84 Å². The van der Waals surface area contributed by atoms with E-state index in [9.17, 15) is 9.59 Å². The van der Waals surface area contributed by atoms with Crippen molar-refractivity contribution >= 4 is 11.7 Å². The summed E-state index contributed by atoms with van der Waals surface area (Å²) in [6.07, 6.45) is 3.00. The summed E-state index contributed by atoms with van der Waals surface area (Å²) in [6, 6.07) is 7.14. The molecule has 0 fully saturated rings. The SMILES string of the molecule is CC(=O)c1cccc(OCCCCCC(=O)NN)c1. The number of ether oxygens (including phenoxy) is 1. The summed E-state index contributed by atoms with van der Waals surface area (Å²) in [5.74, 6) is 5.56. The summed E-state index contributed by atoms with van der Waals surface area (Å²) >= 11 is 0. The lowest BCUT2D eigenvalue weighted by Crippen LogP contribution is -2.29. The molecular weight excluding hydrogens is 244 g/mol. The summed E-state index contributed by atoms with van der Waals surface area (Å²) in [7, 11) is 0. The van der Waals surface area contributed by atoms with Crippen LogP contribution in [0.5, 0.6) is 5.75 Å². The number of unbranched alkanes of at least 4 members (excludes halogenated alkanes) is 2. The van der Waals surface area contributed by atoms with Gasteiger partial charge in [-0.3, -0.25) is 15.0 Å². The van der Waals surface area contributed by atoms with Gasteiger partial charge in [0.15, 0.2) is 5.78 Å². The molecule has 1 amide bonds. The monoisotopic (exact) mass is 264 g/mol. The number of nitrogens with one attached hydrogen (secondary N) is 1. The van der Waals surface area contributed by atoms with E-state index in [4.69, 9.17) is 10.6 Å². The van der Waals surface area contributed by atoms with Gasteiger partial charge in [0.05, 0.1) is 6.61 Å². The van der Waals surface area contributed by atoms with Gasteiger partial charge in [-0.1, -0.05) is 12.1 Å². The first kappa shape index (κ1) is 15.2. The molecule has 0 aliphatic carbocycles. The van der Waals surface area contributed by atoms with Gasteiger partial charge in [-0.2, -0.15) is 0 Å². The molecule has 3 N–H and O–H groups in total. The quantitative estimate of drug-likeness (QED) is 0.247. The Kier molecular flexibility index (Phi) is 6.60. The maximum absolute atomic E-state index is 11.2. The Morgan fingerprint density at radius 3 is 2.74 bits per heavy atom. The van der Waals surface area contributed by atoms with Crippen molar-refractivity contribution < 1.29 is 14.3 Å². The van der Waals surface area contributed by atoms with Crippen molar-refractivity contribution in [1.82, 2.24) is 5.43 Å². The van der Waals surface area contributed by atoms with Crippen molar-refractivity contribution in [2.45, 2.75) is 32.6 Å². The van der Waals surface area contributed by atoms with Crippen LogP contribution in [0.1, 0.15) is 43.0 Å². The van der Waals surface area contributed by atoms with Gasteiger partial charge < -0.3 is 4.74 Å². The maximum Gasteiger partial charge on any atom is 0.233 e. The summed E-state index contributed by atoms with van der Waals surface area (Å²) in [6.45, 7) is 2.10. The highest BCUT2D eigenvalue weighted by atomic mass is 16.5. The summed E-state index contributed by atoms with van der Waals surface area (Å²) in [5.41, 5.74) is 2.75. The van der Waals surface area contributed by atoms with E-state index in [1.165, 1.54) is 6.92 Å². The lowest BCUT2D eigenvalue weighted by atomic mass is 10.1. The molecule has 0 saturated carbocycles. The predicted octanol–water partition coefficient (Wildman–Crippen LogP) is 1.82. The minimum Gasteiger partial charge on any atom is -0.494 e. The molecule has 104 valence electrons. The standard InChI is InChI=1S/C14H20N2O3/c1-11(17)12-6-5-7-13(10-12)19-9-4-2-3-8-14(18)16-15/h5-7,10H,2-4,8-9,15H2,1H3,(H,16,18). The van der Waals surface area contributed by atoms with Crippen LogP contribution in [-0.2, 0) is 4.79 Å². The van der Waals surface area contributed by atoms with Crippen LogP contribution in [0.3, 0.4) is 0 Å². The first-order valence-electron chi connectivity index (χ1n) is 6.36. The number of rotatable bonds is 8. The number of benzene rings is 1. The van der Waals surface area contributed by atoms with Crippen molar-refractivity contribution in [3.8, 4) is 5.75 Å². The summed E-state index contributed by atoms with van der Waals surface area (Å²) < 4.78 is 5.55. The highest BCUT2D eigenvalue weighted by molar-refractivity contribution is 5.94. The third-order valence-corrected chi connectivity index (χ3v) is 2.72. The zero-order valence-electron chi connectivity index (χ0n) is 11.1. The second kappa shape index (κ2) is 8.26. The Hall–Kier alpha value is -1.88. The molecule has 1 rings (SSSR count). The van der Waals surface area contributed by atoms with Gasteiger partial charge in [0, 0.05) is 12.0 Å². The van der Waals surface area contributed by atoms with Gasteiger partial charge in [-0.05, 0) is 38.3 Å². The number of hydrazine groups is 1. The number of hydrogen-bond donors (Lipinski definition) is 2. The van der Waals surface area contributed by atoms with Crippen molar-refractivity contribution in [3.05, 3.63) is 29.8 Å². The largest absolute Gasteiger partial charge is 0.494 e. The van der Waals surface area contributed by atoms with Crippen LogP contribution in [0.15, 0.2) is 24.3 Å². The van der Waals surface area contributed by atoms with E-state index in [0.29, 0.717) is 24.3 Å². The highest BCUT2D eigenvalue weighted by Crippen LogP contribution is 2.14.